The predicted molar refractivity (Wildman–Crippen MR) is 120 cm³/mol. The summed E-state index contributed by atoms with van der Waals surface area (Å²) in [7, 11) is 0. The van der Waals surface area contributed by atoms with Crippen LogP contribution in [0.5, 0.6) is 11.5 Å². The first-order valence-electron chi connectivity index (χ1n) is 10.9. The second kappa shape index (κ2) is 11.6. The van der Waals surface area contributed by atoms with Gasteiger partial charge in [0.05, 0.1) is 25.4 Å². The average molecular weight is 491 g/mol. The Hall–Kier alpha value is -3.06. The number of aliphatic carboxylic acids is 1. The second-order valence-corrected chi connectivity index (χ2v) is 8.23. The lowest BCUT2D eigenvalue weighted by molar-refractivity contribution is -0.314. The summed E-state index contributed by atoms with van der Waals surface area (Å²) in [6.07, 6.45) is -7.21. The molecule has 2 aromatic carbocycles. The van der Waals surface area contributed by atoms with Gasteiger partial charge in [0.25, 0.3) is 5.79 Å². The van der Waals surface area contributed by atoms with Gasteiger partial charge in [0.2, 0.25) is 5.91 Å². The Morgan fingerprint density at radius 2 is 1.74 bits per heavy atom. The van der Waals surface area contributed by atoms with Gasteiger partial charge in [-0.25, -0.2) is 4.79 Å². The van der Waals surface area contributed by atoms with Crippen LogP contribution in [-0.4, -0.2) is 80.3 Å². The highest BCUT2D eigenvalue weighted by Gasteiger charge is 2.55. The molecule has 0 spiro atoms. The highest BCUT2D eigenvalue weighted by molar-refractivity contribution is 5.76. The van der Waals surface area contributed by atoms with Crippen LogP contribution in [0.1, 0.15) is 18.9 Å². The molecule has 1 aliphatic heterocycles. The maximum absolute atomic E-state index is 12.2. The largest absolute Gasteiger partial charge is 0.477 e. The fourth-order valence-electron chi connectivity index (χ4n) is 3.76. The van der Waals surface area contributed by atoms with Gasteiger partial charge < -0.3 is 45.1 Å². The highest BCUT2D eigenvalue weighted by atomic mass is 16.7. The minimum absolute atomic E-state index is 0.235. The van der Waals surface area contributed by atoms with E-state index in [4.69, 9.17) is 14.2 Å². The van der Waals surface area contributed by atoms with Gasteiger partial charge in [-0.05, 0) is 29.8 Å². The van der Waals surface area contributed by atoms with E-state index in [1.165, 1.54) is 6.92 Å². The zero-order valence-electron chi connectivity index (χ0n) is 19.0. The summed E-state index contributed by atoms with van der Waals surface area (Å²) in [5.74, 6) is -3.34. The average Bonchev–Trinajstić information content (AvgIpc) is 2.84. The van der Waals surface area contributed by atoms with Gasteiger partial charge in [0.15, 0.2) is 0 Å². The van der Waals surface area contributed by atoms with Gasteiger partial charge in [0.1, 0.15) is 29.8 Å². The van der Waals surface area contributed by atoms with Crippen molar-refractivity contribution in [1.82, 2.24) is 5.32 Å². The zero-order chi connectivity index (χ0) is 25.6. The van der Waals surface area contributed by atoms with Crippen LogP contribution in [0.3, 0.4) is 0 Å². The number of hydrogen-bond donors (Lipinski definition) is 6. The molecule has 11 heteroatoms. The number of carbonyl (C=O) groups excluding carboxylic acids is 1. The van der Waals surface area contributed by atoms with Crippen LogP contribution in [0.25, 0.3) is 0 Å². The number of amides is 1. The van der Waals surface area contributed by atoms with Crippen molar-refractivity contribution in [2.45, 2.75) is 56.2 Å². The lowest BCUT2D eigenvalue weighted by atomic mass is 9.88. The third kappa shape index (κ3) is 6.54. The van der Waals surface area contributed by atoms with E-state index in [0.29, 0.717) is 17.1 Å². The Labute approximate surface area is 201 Å². The summed E-state index contributed by atoms with van der Waals surface area (Å²) in [6, 6.07) is 14.5. The predicted octanol–water partition coefficient (Wildman–Crippen LogP) is 0.145. The second-order valence-electron chi connectivity index (χ2n) is 8.23. The molecule has 1 aliphatic rings. The summed E-state index contributed by atoms with van der Waals surface area (Å²) < 4.78 is 16.9. The van der Waals surface area contributed by atoms with Gasteiger partial charge >= 0.3 is 5.97 Å². The van der Waals surface area contributed by atoms with Gasteiger partial charge in [-0.15, -0.1) is 0 Å². The molecule has 3 rings (SSSR count). The molecule has 0 aromatic heterocycles. The van der Waals surface area contributed by atoms with Gasteiger partial charge in [0, 0.05) is 13.3 Å². The van der Waals surface area contributed by atoms with Crippen molar-refractivity contribution in [1.29, 1.82) is 0 Å². The molecule has 190 valence electrons. The number of carbonyl (C=O) groups is 2. The van der Waals surface area contributed by atoms with E-state index < -0.39 is 61.1 Å². The highest BCUT2D eigenvalue weighted by Crippen LogP contribution is 2.34. The Bertz CT molecular complexity index is 986. The molecule has 0 radical (unpaired) electrons. The number of nitrogens with one attached hydrogen (secondary N) is 1. The molecule has 0 aliphatic carbocycles. The topological polar surface area (TPSA) is 175 Å². The minimum atomic E-state index is -2.39. The zero-order valence-corrected chi connectivity index (χ0v) is 19.0. The van der Waals surface area contributed by atoms with Crippen molar-refractivity contribution in [2.75, 3.05) is 6.61 Å². The third-order valence-electron chi connectivity index (χ3n) is 5.56. The van der Waals surface area contributed by atoms with E-state index in [1.54, 1.807) is 36.4 Å². The molecule has 0 bridgehead atoms. The molecule has 11 nitrogen and oxygen atoms in total. The summed E-state index contributed by atoms with van der Waals surface area (Å²) in [5.41, 5.74) is 0.570. The quantitative estimate of drug-likeness (QED) is 0.268. The van der Waals surface area contributed by atoms with Crippen LogP contribution in [0.15, 0.2) is 54.6 Å². The molecule has 1 fully saturated rings. The Kier molecular flexibility index (Phi) is 8.78. The maximum Gasteiger partial charge on any atom is 0.364 e. The van der Waals surface area contributed by atoms with Crippen molar-refractivity contribution in [3.8, 4) is 11.5 Å². The maximum atomic E-state index is 12.2. The first-order valence-corrected chi connectivity index (χ1v) is 10.9. The number of hydrogen-bond acceptors (Lipinski definition) is 9. The molecular formula is C24H29NO10. The number of rotatable bonds is 10. The van der Waals surface area contributed by atoms with Crippen molar-refractivity contribution in [3.63, 3.8) is 0 Å². The number of para-hydroxylation sites is 1. The van der Waals surface area contributed by atoms with Crippen LogP contribution in [0.4, 0.5) is 0 Å². The van der Waals surface area contributed by atoms with Crippen molar-refractivity contribution in [3.05, 3.63) is 60.2 Å². The SMILES string of the molecule is CC(=O)N[C@H]1[C@H]([C@@H](O)[C@H](O)CO)O[C@@](OCc2ccc(Oc3ccccc3)cc2)(C(=O)O)C[C@@H]1O. The molecule has 0 saturated carbocycles. The molecule has 1 saturated heterocycles. The normalized spacial score (nSPS) is 25.9. The van der Waals surface area contributed by atoms with E-state index in [2.05, 4.69) is 5.32 Å². The minimum Gasteiger partial charge on any atom is -0.477 e. The first-order chi connectivity index (χ1) is 16.6. The smallest absolute Gasteiger partial charge is 0.364 e. The monoisotopic (exact) mass is 491 g/mol. The number of carboxylic acids is 1. The molecule has 0 unspecified atom stereocenters. The Morgan fingerprint density at radius 3 is 2.31 bits per heavy atom. The van der Waals surface area contributed by atoms with Crippen molar-refractivity contribution < 1.29 is 49.3 Å². The molecule has 2 aromatic rings. The van der Waals surface area contributed by atoms with Crippen LogP contribution in [0, 0.1) is 0 Å². The van der Waals surface area contributed by atoms with E-state index in [0.717, 1.165) is 0 Å². The molecule has 6 N–H and O–H groups in total. The number of ether oxygens (including phenoxy) is 3. The fraction of sp³-hybridized carbons (Fsp3) is 0.417. The number of aliphatic hydroxyl groups excluding tert-OH is 4. The standard InChI is InChI=1S/C24H29NO10/c1-14(27)25-20-18(28)11-24(23(31)32,35-22(20)21(30)19(29)12-26)33-13-15-7-9-17(10-8-15)34-16-5-3-2-4-6-16/h2-10,18-22,26,28-30H,11-13H2,1H3,(H,25,27)(H,31,32)/t18-,19+,20+,21-,22+,24+/m0/s1. The molecule has 1 heterocycles. The van der Waals surface area contributed by atoms with Gasteiger partial charge in [-0.2, -0.15) is 0 Å². The first kappa shape index (κ1) is 26.5. The van der Waals surface area contributed by atoms with Crippen molar-refractivity contribution in [2.24, 2.45) is 0 Å². The van der Waals surface area contributed by atoms with Crippen molar-refractivity contribution >= 4 is 11.9 Å². The van der Waals surface area contributed by atoms with E-state index in [-0.39, 0.29) is 6.61 Å². The lowest BCUT2D eigenvalue weighted by Crippen LogP contribution is -2.67. The van der Waals surface area contributed by atoms with Crippen LogP contribution in [0.2, 0.25) is 0 Å². The third-order valence-corrected chi connectivity index (χ3v) is 5.56. The Morgan fingerprint density at radius 1 is 1.11 bits per heavy atom. The fourth-order valence-corrected chi connectivity index (χ4v) is 3.76. The summed E-state index contributed by atoms with van der Waals surface area (Å²) in [6.45, 7) is 0.0718. The van der Waals surface area contributed by atoms with Gasteiger partial charge in [-0.3, -0.25) is 4.79 Å². The molecule has 1 amide bonds. The number of aliphatic hydroxyl groups is 4. The molecule has 35 heavy (non-hydrogen) atoms. The van der Waals surface area contributed by atoms with E-state index in [9.17, 15) is 35.1 Å². The number of carboxylic acid groups (broad SMARTS) is 1. The Balaban J connectivity index is 1.76. The molecule has 6 atom stereocenters. The summed E-state index contributed by atoms with van der Waals surface area (Å²) in [4.78, 5) is 23.8. The van der Waals surface area contributed by atoms with Gasteiger partial charge in [-0.1, -0.05) is 30.3 Å². The van der Waals surface area contributed by atoms with Crippen LogP contribution >= 0.6 is 0 Å². The van der Waals surface area contributed by atoms with E-state index >= 15 is 0 Å². The molecular weight excluding hydrogens is 462 g/mol. The summed E-state index contributed by atoms with van der Waals surface area (Å²) >= 11 is 0. The van der Waals surface area contributed by atoms with E-state index in [1.807, 2.05) is 18.2 Å². The summed E-state index contributed by atoms with van der Waals surface area (Å²) in [5, 5.41) is 52.5. The lowest BCUT2D eigenvalue weighted by Gasteiger charge is -2.46. The number of benzene rings is 2. The van der Waals surface area contributed by atoms with Crippen LogP contribution in [-0.2, 0) is 25.7 Å². The van der Waals surface area contributed by atoms with Crippen LogP contribution < -0.4 is 10.1 Å².